The predicted octanol–water partition coefficient (Wildman–Crippen LogP) is 1.59. The zero-order valence-electron chi connectivity index (χ0n) is 9.51. The van der Waals surface area contributed by atoms with Crippen molar-refractivity contribution >= 4 is 0 Å². The molecule has 1 fully saturated rings. The summed E-state index contributed by atoms with van der Waals surface area (Å²) in [6.45, 7) is 8.74. The van der Waals surface area contributed by atoms with E-state index in [4.69, 9.17) is 14.6 Å². The SMILES string of the molecule is CC(C)(C)OCCC1(CCO)COC1. The maximum atomic E-state index is 8.93. The fourth-order valence-electron chi connectivity index (χ4n) is 1.62. The summed E-state index contributed by atoms with van der Waals surface area (Å²) in [5.74, 6) is 0. The van der Waals surface area contributed by atoms with E-state index < -0.39 is 0 Å². The number of hydrogen-bond acceptors (Lipinski definition) is 3. The van der Waals surface area contributed by atoms with Crippen molar-refractivity contribution in [2.45, 2.75) is 39.2 Å². The molecule has 84 valence electrons. The zero-order chi connectivity index (χ0) is 10.7. The van der Waals surface area contributed by atoms with Crippen LogP contribution in [0.4, 0.5) is 0 Å². The van der Waals surface area contributed by atoms with Crippen molar-refractivity contribution < 1.29 is 14.6 Å². The van der Waals surface area contributed by atoms with Crippen molar-refractivity contribution in [2.75, 3.05) is 26.4 Å². The monoisotopic (exact) mass is 202 g/mol. The van der Waals surface area contributed by atoms with E-state index in [9.17, 15) is 0 Å². The Morgan fingerprint density at radius 3 is 2.29 bits per heavy atom. The third-order valence-electron chi connectivity index (χ3n) is 2.63. The third kappa shape index (κ3) is 3.56. The van der Waals surface area contributed by atoms with Gasteiger partial charge in [0.2, 0.25) is 0 Å². The second kappa shape index (κ2) is 4.60. The van der Waals surface area contributed by atoms with Gasteiger partial charge in [-0.3, -0.25) is 0 Å². The topological polar surface area (TPSA) is 38.7 Å². The van der Waals surface area contributed by atoms with Gasteiger partial charge in [0.25, 0.3) is 0 Å². The molecule has 0 aromatic rings. The van der Waals surface area contributed by atoms with Crippen LogP contribution in [0, 0.1) is 5.41 Å². The van der Waals surface area contributed by atoms with Crippen LogP contribution < -0.4 is 0 Å². The molecule has 1 aliphatic heterocycles. The van der Waals surface area contributed by atoms with E-state index in [1.54, 1.807) is 0 Å². The quantitative estimate of drug-likeness (QED) is 0.736. The van der Waals surface area contributed by atoms with Crippen molar-refractivity contribution in [3.63, 3.8) is 0 Å². The largest absolute Gasteiger partial charge is 0.396 e. The Bertz CT molecular complexity index is 168. The first-order chi connectivity index (χ1) is 6.47. The molecule has 3 heteroatoms. The normalized spacial score (nSPS) is 20.6. The van der Waals surface area contributed by atoms with E-state index in [0.717, 1.165) is 32.7 Å². The highest BCUT2D eigenvalue weighted by atomic mass is 16.5. The molecule has 0 unspecified atom stereocenters. The molecular weight excluding hydrogens is 180 g/mol. The van der Waals surface area contributed by atoms with Gasteiger partial charge in [-0.1, -0.05) is 0 Å². The number of aliphatic hydroxyl groups excluding tert-OH is 1. The first kappa shape index (κ1) is 12.0. The lowest BCUT2D eigenvalue weighted by Gasteiger charge is -2.41. The van der Waals surface area contributed by atoms with E-state index in [2.05, 4.69) is 20.8 Å². The molecule has 1 N–H and O–H groups in total. The Morgan fingerprint density at radius 1 is 1.29 bits per heavy atom. The van der Waals surface area contributed by atoms with Crippen molar-refractivity contribution in [1.82, 2.24) is 0 Å². The number of rotatable bonds is 5. The van der Waals surface area contributed by atoms with Gasteiger partial charge < -0.3 is 14.6 Å². The summed E-state index contributed by atoms with van der Waals surface area (Å²) in [5, 5.41) is 8.93. The van der Waals surface area contributed by atoms with Crippen LogP contribution in [-0.2, 0) is 9.47 Å². The fourth-order valence-corrected chi connectivity index (χ4v) is 1.62. The standard InChI is InChI=1S/C11H22O3/c1-10(2,3)14-7-5-11(4-6-12)8-13-9-11/h12H,4-9H2,1-3H3. The number of hydrogen-bond donors (Lipinski definition) is 1. The van der Waals surface area contributed by atoms with Gasteiger partial charge in [0.1, 0.15) is 0 Å². The van der Waals surface area contributed by atoms with Crippen LogP contribution in [0.2, 0.25) is 0 Å². The van der Waals surface area contributed by atoms with E-state index in [-0.39, 0.29) is 17.6 Å². The van der Waals surface area contributed by atoms with E-state index in [1.165, 1.54) is 0 Å². The zero-order valence-corrected chi connectivity index (χ0v) is 9.51. The molecule has 1 saturated heterocycles. The molecule has 0 aromatic heterocycles. The lowest BCUT2D eigenvalue weighted by Crippen LogP contribution is -2.44. The molecule has 3 nitrogen and oxygen atoms in total. The summed E-state index contributed by atoms with van der Waals surface area (Å²) in [5.41, 5.74) is 0.130. The minimum absolute atomic E-state index is 0.0645. The van der Waals surface area contributed by atoms with Crippen molar-refractivity contribution in [1.29, 1.82) is 0 Å². The second-order valence-corrected chi connectivity index (χ2v) is 5.18. The molecule has 0 aliphatic carbocycles. The van der Waals surface area contributed by atoms with Gasteiger partial charge in [-0.15, -0.1) is 0 Å². The summed E-state index contributed by atoms with van der Waals surface area (Å²) in [4.78, 5) is 0. The van der Waals surface area contributed by atoms with Crippen molar-refractivity contribution in [3.8, 4) is 0 Å². The van der Waals surface area contributed by atoms with Crippen LogP contribution in [0.15, 0.2) is 0 Å². The molecule has 0 amide bonds. The van der Waals surface area contributed by atoms with Gasteiger partial charge in [-0.2, -0.15) is 0 Å². The number of ether oxygens (including phenoxy) is 2. The summed E-state index contributed by atoms with van der Waals surface area (Å²) < 4.78 is 10.9. The molecule has 0 saturated carbocycles. The fraction of sp³-hybridized carbons (Fsp3) is 1.00. The highest BCUT2D eigenvalue weighted by molar-refractivity contribution is 4.85. The Labute approximate surface area is 86.4 Å². The highest BCUT2D eigenvalue weighted by Crippen LogP contribution is 2.35. The van der Waals surface area contributed by atoms with Gasteiger partial charge in [-0.25, -0.2) is 0 Å². The van der Waals surface area contributed by atoms with Gasteiger partial charge >= 0.3 is 0 Å². The lowest BCUT2D eigenvalue weighted by atomic mass is 9.80. The third-order valence-corrected chi connectivity index (χ3v) is 2.63. The molecule has 1 aliphatic rings. The van der Waals surface area contributed by atoms with Crippen LogP contribution in [0.25, 0.3) is 0 Å². The van der Waals surface area contributed by atoms with Gasteiger partial charge in [0.15, 0.2) is 0 Å². The molecule has 0 atom stereocenters. The summed E-state index contributed by atoms with van der Waals surface area (Å²) >= 11 is 0. The van der Waals surface area contributed by atoms with Crippen LogP contribution in [0.1, 0.15) is 33.6 Å². The Kier molecular flexibility index (Phi) is 3.93. The van der Waals surface area contributed by atoms with Gasteiger partial charge in [0, 0.05) is 18.6 Å². The maximum absolute atomic E-state index is 8.93. The van der Waals surface area contributed by atoms with Gasteiger partial charge in [-0.05, 0) is 33.6 Å². The van der Waals surface area contributed by atoms with Gasteiger partial charge in [0.05, 0.1) is 18.8 Å². The Hall–Kier alpha value is -0.120. The minimum atomic E-state index is -0.0645. The van der Waals surface area contributed by atoms with Crippen LogP contribution in [-0.4, -0.2) is 37.1 Å². The molecule has 0 bridgehead atoms. The molecule has 1 rings (SSSR count). The molecule has 0 spiro atoms. The number of aliphatic hydroxyl groups is 1. The maximum Gasteiger partial charge on any atom is 0.0598 e. The molecule has 0 radical (unpaired) electrons. The first-order valence-electron chi connectivity index (χ1n) is 5.30. The van der Waals surface area contributed by atoms with E-state index >= 15 is 0 Å². The van der Waals surface area contributed by atoms with Crippen LogP contribution in [0.3, 0.4) is 0 Å². The molecule has 14 heavy (non-hydrogen) atoms. The van der Waals surface area contributed by atoms with Crippen LogP contribution in [0.5, 0.6) is 0 Å². The highest BCUT2D eigenvalue weighted by Gasteiger charge is 2.37. The smallest absolute Gasteiger partial charge is 0.0598 e. The first-order valence-corrected chi connectivity index (χ1v) is 5.30. The van der Waals surface area contributed by atoms with Crippen molar-refractivity contribution in [2.24, 2.45) is 5.41 Å². The second-order valence-electron chi connectivity index (χ2n) is 5.18. The summed E-state index contributed by atoms with van der Waals surface area (Å²) in [7, 11) is 0. The average Bonchev–Trinajstić information content (AvgIpc) is 1.97. The van der Waals surface area contributed by atoms with Crippen LogP contribution >= 0.6 is 0 Å². The summed E-state index contributed by atoms with van der Waals surface area (Å²) in [6.07, 6.45) is 1.82. The summed E-state index contributed by atoms with van der Waals surface area (Å²) in [6, 6.07) is 0. The molecule has 0 aromatic carbocycles. The molecule has 1 heterocycles. The van der Waals surface area contributed by atoms with E-state index in [0.29, 0.717) is 0 Å². The average molecular weight is 202 g/mol. The Balaban J connectivity index is 2.21. The minimum Gasteiger partial charge on any atom is -0.396 e. The predicted molar refractivity (Wildman–Crippen MR) is 55.3 cm³/mol. The van der Waals surface area contributed by atoms with Crippen molar-refractivity contribution in [3.05, 3.63) is 0 Å². The Morgan fingerprint density at radius 2 is 1.93 bits per heavy atom. The molecular formula is C11H22O3. The lowest BCUT2D eigenvalue weighted by molar-refractivity contribution is -0.142. The van der Waals surface area contributed by atoms with E-state index in [1.807, 2.05) is 0 Å².